The van der Waals surface area contributed by atoms with Crippen LogP contribution in [-0.4, -0.2) is 5.60 Å². The third-order valence-corrected chi connectivity index (χ3v) is 7.74. The molecule has 2 aliphatic rings. The average molecular weight is 376 g/mol. The van der Waals surface area contributed by atoms with Crippen molar-refractivity contribution < 1.29 is 9.47 Å². The van der Waals surface area contributed by atoms with E-state index in [1.807, 2.05) is 12.1 Å². The molecule has 0 N–H and O–H groups in total. The molecule has 3 aromatic rings. The predicted molar refractivity (Wildman–Crippen MR) is 109 cm³/mol. The van der Waals surface area contributed by atoms with Crippen molar-refractivity contribution in [2.45, 2.75) is 52.9 Å². The van der Waals surface area contributed by atoms with Crippen molar-refractivity contribution in [3.05, 3.63) is 72.8 Å². The molecule has 0 amide bonds. The van der Waals surface area contributed by atoms with Crippen molar-refractivity contribution in [2.75, 3.05) is 0 Å². The van der Waals surface area contributed by atoms with E-state index in [0.717, 1.165) is 30.1 Å². The maximum Gasteiger partial charge on any atom is 0.209 e. The number of fused-ring (bicyclic) bond motifs is 2. The van der Waals surface area contributed by atoms with Gasteiger partial charge in [0.1, 0.15) is 22.2 Å². The average Bonchev–Trinajstić information content (AvgIpc) is 3.13. The van der Waals surface area contributed by atoms with Gasteiger partial charge in [0.15, 0.2) is 16.4 Å². The first-order valence-electron chi connectivity index (χ1n) is 9.61. The highest BCUT2D eigenvalue weighted by Crippen LogP contribution is 2.47. The fourth-order valence-corrected chi connectivity index (χ4v) is 6.25. The van der Waals surface area contributed by atoms with Crippen molar-refractivity contribution in [2.24, 2.45) is 0 Å². The molecule has 0 saturated heterocycles. The standard InChI is InChI=1S/C24H23O2S/c1-24(16-6-7-17-24)26-18-12-14-19(15-13-18)27-22-10-4-2-8-20(22)25-21-9-3-5-11-23(21)27/h2-5,8-15H,6-7,16-17H2,1H3/q+1. The lowest BCUT2D eigenvalue weighted by Gasteiger charge is -2.25. The first kappa shape index (κ1) is 16.8. The molecule has 136 valence electrons. The quantitative estimate of drug-likeness (QED) is 0.376. The van der Waals surface area contributed by atoms with Crippen LogP contribution in [0.15, 0.2) is 87.5 Å². The topological polar surface area (TPSA) is 18.5 Å². The monoisotopic (exact) mass is 375 g/mol. The lowest BCUT2D eigenvalue weighted by atomic mass is 10.1. The normalized spacial score (nSPS) is 17.7. The largest absolute Gasteiger partial charge is 0.488 e. The number of ether oxygens (including phenoxy) is 2. The molecule has 0 atom stereocenters. The molecule has 3 aromatic carbocycles. The number of hydrogen-bond donors (Lipinski definition) is 0. The van der Waals surface area contributed by atoms with Crippen molar-refractivity contribution in [1.29, 1.82) is 0 Å². The Morgan fingerprint density at radius 2 is 1.33 bits per heavy atom. The zero-order valence-electron chi connectivity index (χ0n) is 15.5. The zero-order valence-corrected chi connectivity index (χ0v) is 16.3. The minimum Gasteiger partial charge on any atom is -0.488 e. The number of rotatable bonds is 3. The molecule has 1 heterocycles. The van der Waals surface area contributed by atoms with Crippen LogP contribution in [0.4, 0.5) is 0 Å². The highest BCUT2D eigenvalue weighted by atomic mass is 32.2. The van der Waals surface area contributed by atoms with E-state index < -0.39 is 0 Å². The molecule has 1 aliphatic carbocycles. The van der Waals surface area contributed by atoms with Gasteiger partial charge in [0.2, 0.25) is 9.79 Å². The van der Waals surface area contributed by atoms with E-state index in [1.54, 1.807) is 0 Å². The van der Waals surface area contributed by atoms with Crippen molar-refractivity contribution >= 4 is 10.9 Å². The maximum absolute atomic E-state index is 6.32. The highest BCUT2D eigenvalue weighted by Gasteiger charge is 2.39. The summed E-state index contributed by atoms with van der Waals surface area (Å²) in [5.41, 5.74) is 0.00167. The van der Waals surface area contributed by atoms with E-state index in [9.17, 15) is 0 Å². The lowest BCUT2D eigenvalue weighted by molar-refractivity contribution is 0.0967. The van der Waals surface area contributed by atoms with Gasteiger partial charge >= 0.3 is 0 Å². The Morgan fingerprint density at radius 1 is 0.778 bits per heavy atom. The van der Waals surface area contributed by atoms with Crippen LogP contribution < -0.4 is 9.47 Å². The van der Waals surface area contributed by atoms with Gasteiger partial charge in [-0.15, -0.1) is 0 Å². The third-order valence-electron chi connectivity index (χ3n) is 5.44. The van der Waals surface area contributed by atoms with Gasteiger partial charge < -0.3 is 9.47 Å². The molecule has 2 nitrogen and oxygen atoms in total. The number of para-hydroxylation sites is 2. The highest BCUT2D eigenvalue weighted by molar-refractivity contribution is 7.97. The molecule has 0 radical (unpaired) electrons. The lowest BCUT2D eigenvalue weighted by Crippen LogP contribution is -2.27. The first-order chi connectivity index (χ1) is 13.2. The van der Waals surface area contributed by atoms with Gasteiger partial charge in [-0.25, -0.2) is 0 Å². The summed E-state index contributed by atoms with van der Waals surface area (Å²) in [5, 5.41) is 0. The summed E-state index contributed by atoms with van der Waals surface area (Å²) in [6.07, 6.45) is 4.84. The second-order valence-electron chi connectivity index (χ2n) is 7.53. The van der Waals surface area contributed by atoms with E-state index in [4.69, 9.17) is 9.47 Å². The van der Waals surface area contributed by atoms with E-state index in [1.165, 1.54) is 27.5 Å². The summed E-state index contributed by atoms with van der Waals surface area (Å²) < 4.78 is 12.5. The van der Waals surface area contributed by atoms with Crippen LogP contribution in [0, 0.1) is 0 Å². The summed E-state index contributed by atoms with van der Waals surface area (Å²) >= 11 is 0. The summed E-state index contributed by atoms with van der Waals surface area (Å²) in [7, 11) is -0.161. The van der Waals surface area contributed by atoms with Gasteiger partial charge in [0, 0.05) is 0 Å². The molecular formula is C24H23O2S+. The molecule has 27 heavy (non-hydrogen) atoms. The van der Waals surface area contributed by atoms with Crippen molar-refractivity contribution in [3.63, 3.8) is 0 Å². The fourth-order valence-electron chi connectivity index (χ4n) is 4.05. The van der Waals surface area contributed by atoms with Gasteiger partial charge in [0.25, 0.3) is 0 Å². The minimum absolute atomic E-state index is 0.00167. The molecule has 0 spiro atoms. The molecule has 5 rings (SSSR count). The van der Waals surface area contributed by atoms with E-state index in [-0.39, 0.29) is 16.5 Å². The molecule has 1 saturated carbocycles. The van der Waals surface area contributed by atoms with Crippen molar-refractivity contribution in [1.82, 2.24) is 0 Å². The van der Waals surface area contributed by atoms with Gasteiger partial charge in [-0.3, -0.25) is 0 Å². The van der Waals surface area contributed by atoms with Gasteiger partial charge in [-0.1, -0.05) is 24.3 Å². The van der Waals surface area contributed by atoms with Crippen LogP contribution in [0.1, 0.15) is 32.6 Å². The van der Waals surface area contributed by atoms with Crippen LogP contribution in [-0.2, 0) is 10.9 Å². The Morgan fingerprint density at radius 3 is 1.93 bits per heavy atom. The smallest absolute Gasteiger partial charge is 0.209 e. The molecule has 0 bridgehead atoms. The van der Waals surface area contributed by atoms with Gasteiger partial charge in [-0.05, 0) is 81.1 Å². The number of hydrogen-bond acceptors (Lipinski definition) is 2. The summed E-state index contributed by atoms with van der Waals surface area (Å²) in [6.45, 7) is 2.24. The second kappa shape index (κ2) is 6.65. The maximum atomic E-state index is 6.32. The zero-order chi connectivity index (χ0) is 18.3. The Bertz CT molecular complexity index is 913. The number of benzene rings is 3. The molecule has 1 fully saturated rings. The SMILES string of the molecule is CC1(Oc2ccc([S+]3c4ccccc4Oc4ccccc43)cc2)CCCC1. The van der Waals surface area contributed by atoms with Crippen LogP contribution in [0.2, 0.25) is 0 Å². The third kappa shape index (κ3) is 3.10. The van der Waals surface area contributed by atoms with E-state index >= 15 is 0 Å². The van der Waals surface area contributed by atoms with Crippen LogP contribution in [0.3, 0.4) is 0 Å². The van der Waals surface area contributed by atoms with Crippen LogP contribution in [0.25, 0.3) is 0 Å². The molecular weight excluding hydrogens is 352 g/mol. The van der Waals surface area contributed by atoms with Crippen molar-refractivity contribution in [3.8, 4) is 17.2 Å². The molecule has 0 unspecified atom stereocenters. The Hall–Kier alpha value is -2.39. The minimum atomic E-state index is -0.161. The van der Waals surface area contributed by atoms with Gasteiger partial charge in [-0.2, -0.15) is 0 Å². The molecule has 1 aliphatic heterocycles. The van der Waals surface area contributed by atoms with Crippen LogP contribution >= 0.6 is 0 Å². The first-order valence-corrected chi connectivity index (χ1v) is 10.8. The Kier molecular flexibility index (Phi) is 4.13. The summed E-state index contributed by atoms with van der Waals surface area (Å²) in [6, 6.07) is 25.4. The van der Waals surface area contributed by atoms with Gasteiger partial charge in [0.05, 0.1) is 0 Å². The van der Waals surface area contributed by atoms with E-state index in [2.05, 4.69) is 67.6 Å². The Balaban J connectivity index is 1.51. The molecule has 3 heteroatoms. The Labute approximate surface area is 163 Å². The predicted octanol–water partition coefficient (Wildman–Crippen LogP) is 6.60. The second-order valence-corrected chi connectivity index (χ2v) is 9.50. The van der Waals surface area contributed by atoms with Crippen LogP contribution in [0.5, 0.6) is 17.2 Å². The van der Waals surface area contributed by atoms with E-state index in [0.29, 0.717) is 0 Å². The summed E-state index contributed by atoms with van der Waals surface area (Å²) in [5.74, 6) is 2.89. The molecule has 0 aromatic heterocycles. The summed E-state index contributed by atoms with van der Waals surface area (Å²) in [4.78, 5) is 3.78. The fraction of sp³-hybridized carbons (Fsp3) is 0.250.